The second-order valence-electron chi connectivity index (χ2n) is 5.63. The topological polar surface area (TPSA) is 63.1 Å². The van der Waals surface area contributed by atoms with Gasteiger partial charge in [-0.3, -0.25) is 0 Å². The van der Waals surface area contributed by atoms with E-state index in [0.717, 1.165) is 44.0 Å². The minimum atomic E-state index is -0.0225. The number of amides is 2. The molecule has 6 nitrogen and oxygen atoms in total. The molecule has 2 amide bonds. The molecule has 1 atom stereocenters. The summed E-state index contributed by atoms with van der Waals surface area (Å²) in [5, 5.41) is 11.1. The van der Waals surface area contributed by atoms with Gasteiger partial charge < -0.3 is 14.8 Å². The van der Waals surface area contributed by atoms with Gasteiger partial charge in [-0.05, 0) is 31.4 Å². The smallest absolute Gasteiger partial charge is 0.321 e. The Morgan fingerprint density at radius 1 is 1.36 bits per heavy atom. The van der Waals surface area contributed by atoms with Crippen molar-refractivity contribution < 1.29 is 4.79 Å². The molecular weight excluding hydrogens is 278 g/mol. The van der Waals surface area contributed by atoms with Crippen LogP contribution < -0.4 is 5.32 Å². The molecule has 0 aliphatic carbocycles. The van der Waals surface area contributed by atoms with Crippen LogP contribution in [0.25, 0.3) is 0 Å². The third kappa shape index (κ3) is 3.27. The molecule has 1 aromatic heterocycles. The number of nitrogens with zero attached hydrogens (tertiary/aromatic N) is 4. The van der Waals surface area contributed by atoms with Gasteiger partial charge in [-0.2, -0.15) is 0 Å². The van der Waals surface area contributed by atoms with Crippen molar-refractivity contribution in [3.8, 4) is 0 Å². The Hall–Kier alpha value is -2.37. The number of nitrogens with one attached hydrogen (secondary N) is 1. The summed E-state index contributed by atoms with van der Waals surface area (Å²) in [5.41, 5.74) is 0.835. The monoisotopic (exact) mass is 299 g/mol. The zero-order valence-electron chi connectivity index (χ0n) is 12.8. The number of hydrogen-bond acceptors (Lipinski definition) is 3. The molecule has 6 heteroatoms. The molecule has 1 saturated heterocycles. The van der Waals surface area contributed by atoms with Gasteiger partial charge in [-0.25, -0.2) is 4.79 Å². The molecule has 1 N–H and O–H groups in total. The first-order valence-corrected chi connectivity index (χ1v) is 7.74. The average molecular weight is 299 g/mol. The lowest BCUT2D eigenvalue weighted by Gasteiger charge is -2.17. The summed E-state index contributed by atoms with van der Waals surface area (Å²) in [6.45, 7) is 4.53. The quantitative estimate of drug-likeness (QED) is 0.943. The number of rotatable bonds is 4. The molecule has 2 heterocycles. The van der Waals surface area contributed by atoms with E-state index in [1.807, 2.05) is 35.2 Å². The SMILES string of the molecule is CCn1cnnc1CC1CCN(C(=O)Nc2ccccc2)C1. The van der Waals surface area contributed by atoms with E-state index in [-0.39, 0.29) is 6.03 Å². The van der Waals surface area contributed by atoms with E-state index < -0.39 is 0 Å². The molecule has 0 saturated carbocycles. The number of para-hydroxylation sites is 1. The van der Waals surface area contributed by atoms with Crippen LogP contribution in [-0.2, 0) is 13.0 Å². The fraction of sp³-hybridized carbons (Fsp3) is 0.438. The van der Waals surface area contributed by atoms with Gasteiger partial charge in [-0.15, -0.1) is 10.2 Å². The fourth-order valence-electron chi connectivity index (χ4n) is 2.87. The number of likely N-dealkylation sites (tertiary alicyclic amines) is 1. The van der Waals surface area contributed by atoms with Gasteiger partial charge in [-0.1, -0.05) is 18.2 Å². The van der Waals surface area contributed by atoms with Crippen molar-refractivity contribution in [2.75, 3.05) is 18.4 Å². The van der Waals surface area contributed by atoms with Crippen molar-refractivity contribution in [3.63, 3.8) is 0 Å². The number of aromatic nitrogens is 3. The number of aryl methyl sites for hydroxylation is 1. The van der Waals surface area contributed by atoms with Crippen LogP contribution in [0.2, 0.25) is 0 Å². The van der Waals surface area contributed by atoms with Crippen molar-refractivity contribution in [2.24, 2.45) is 5.92 Å². The van der Waals surface area contributed by atoms with Crippen LogP contribution in [0.3, 0.4) is 0 Å². The molecule has 22 heavy (non-hydrogen) atoms. The van der Waals surface area contributed by atoms with Gasteiger partial charge in [0.15, 0.2) is 0 Å². The van der Waals surface area contributed by atoms with Gasteiger partial charge >= 0.3 is 6.03 Å². The van der Waals surface area contributed by atoms with Crippen LogP contribution >= 0.6 is 0 Å². The fourth-order valence-corrected chi connectivity index (χ4v) is 2.87. The zero-order valence-corrected chi connectivity index (χ0v) is 12.8. The van der Waals surface area contributed by atoms with Crippen molar-refractivity contribution in [1.29, 1.82) is 0 Å². The van der Waals surface area contributed by atoms with Crippen molar-refractivity contribution >= 4 is 11.7 Å². The lowest BCUT2D eigenvalue weighted by atomic mass is 10.0. The van der Waals surface area contributed by atoms with Crippen LogP contribution in [0.1, 0.15) is 19.2 Å². The Balaban J connectivity index is 1.54. The van der Waals surface area contributed by atoms with Crippen molar-refractivity contribution in [1.82, 2.24) is 19.7 Å². The summed E-state index contributed by atoms with van der Waals surface area (Å²) in [6, 6.07) is 9.54. The van der Waals surface area contributed by atoms with Crippen LogP contribution in [0.5, 0.6) is 0 Å². The Morgan fingerprint density at radius 3 is 2.95 bits per heavy atom. The second-order valence-corrected chi connectivity index (χ2v) is 5.63. The summed E-state index contributed by atoms with van der Waals surface area (Å²) >= 11 is 0. The summed E-state index contributed by atoms with van der Waals surface area (Å²) in [5.74, 6) is 1.47. The van der Waals surface area contributed by atoms with Crippen LogP contribution in [-0.4, -0.2) is 38.8 Å². The van der Waals surface area contributed by atoms with Gasteiger partial charge in [0.1, 0.15) is 12.2 Å². The largest absolute Gasteiger partial charge is 0.324 e. The molecule has 1 unspecified atom stereocenters. The zero-order chi connectivity index (χ0) is 15.4. The molecular formula is C16H21N5O. The molecule has 1 aliphatic rings. The molecule has 1 aromatic carbocycles. The van der Waals surface area contributed by atoms with Gasteiger partial charge in [0.05, 0.1) is 0 Å². The lowest BCUT2D eigenvalue weighted by molar-refractivity contribution is 0.220. The number of carbonyl (C=O) groups is 1. The maximum Gasteiger partial charge on any atom is 0.321 e. The molecule has 1 aliphatic heterocycles. The maximum atomic E-state index is 12.3. The van der Waals surface area contributed by atoms with Crippen molar-refractivity contribution in [2.45, 2.75) is 26.3 Å². The lowest BCUT2D eigenvalue weighted by Crippen LogP contribution is -2.33. The highest BCUT2D eigenvalue weighted by Crippen LogP contribution is 2.21. The molecule has 2 aromatic rings. The van der Waals surface area contributed by atoms with E-state index in [1.165, 1.54) is 0 Å². The van der Waals surface area contributed by atoms with E-state index in [4.69, 9.17) is 0 Å². The number of urea groups is 1. The molecule has 0 spiro atoms. The average Bonchev–Trinajstić information content (AvgIpc) is 3.18. The van der Waals surface area contributed by atoms with Gasteiger partial charge in [0.2, 0.25) is 0 Å². The highest BCUT2D eigenvalue weighted by atomic mass is 16.2. The molecule has 116 valence electrons. The first-order chi connectivity index (χ1) is 10.8. The molecule has 3 rings (SSSR count). The molecule has 1 fully saturated rings. The third-order valence-electron chi connectivity index (χ3n) is 4.11. The van der Waals surface area contributed by atoms with E-state index in [1.54, 1.807) is 6.33 Å². The van der Waals surface area contributed by atoms with Gasteiger partial charge in [0.25, 0.3) is 0 Å². The minimum absolute atomic E-state index is 0.0225. The first-order valence-electron chi connectivity index (χ1n) is 7.74. The predicted molar refractivity (Wildman–Crippen MR) is 84.5 cm³/mol. The van der Waals surface area contributed by atoms with Crippen molar-refractivity contribution in [3.05, 3.63) is 42.5 Å². The third-order valence-corrected chi connectivity index (χ3v) is 4.11. The highest BCUT2D eigenvalue weighted by Gasteiger charge is 2.27. The number of anilines is 1. The Kier molecular flexibility index (Phi) is 4.37. The highest BCUT2D eigenvalue weighted by molar-refractivity contribution is 5.89. The van der Waals surface area contributed by atoms with Crippen LogP contribution in [0, 0.1) is 5.92 Å². The van der Waals surface area contributed by atoms with Gasteiger partial charge in [0, 0.05) is 31.7 Å². The standard InChI is InChI=1S/C16H21N5O/c1-2-20-12-17-19-15(20)10-13-8-9-21(11-13)16(22)18-14-6-4-3-5-7-14/h3-7,12-13H,2,8-11H2,1H3,(H,18,22). The molecule has 0 bridgehead atoms. The minimum Gasteiger partial charge on any atom is -0.324 e. The Labute approximate surface area is 130 Å². The van der Waals surface area contributed by atoms with E-state index in [9.17, 15) is 4.79 Å². The first kappa shape index (κ1) is 14.6. The summed E-state index contributed by atoms with van der Waals surface area (Å²) in [7, 11) is 0. The Morgan fingerprint density at radius 2 is 2.18 bits per heavy atom. The van der Waals surface area contributed by atoms with E-state index in [2.05, 4.69) is 27.0 Å². The number of benzene rings is 1. The summed E-state index contributed by atoms with van der Waals surface area (Å²) in [6.07, 6.45) is 3.66. The molecule has 0 radical (unpaired) electrons. The normalized spacial score (nSPS) is 17.7. The predicted octanol–water partition coefficient (Wildman–Crippen LogP) is 2.39. The van der Waals surface area contributed by atoms with E-state index >= 15 is 0 Å². The number of carbonyl (C=O) groups excluding carboxylic acids is 1. The van der Waals surface area contributed by atoms with Crippen LogP contribution in [0.4, 0.5) is 10.5 Å². The maximum absolute atomic E-state index is 12.3. The Bertz CT molecular complexity index is 624. The second kappa shape index (κ2) is 6.60. The van der Waals surface area contributed by atoms with Crippen LogP contribution in [0.15, 0.2) is 36.7 Å². The summed E-state index contributed by atoms with van der Waals surface area (Å²) < 4.78 is 2.06. The number of hydrogen-bond donors (Lipinski definition) is 1. The summed E-state index contributed by atoms with van der Waals surface area (Å²) in [4.78, 5) is 14.1. The van der Waals surface area contributed by atoms with E-state index in [0.29, 0.717) is 5.92 Å².